The molecule has 4 aromatic rings. The zero-order valence-corrected chi connectivity index (χ0v) is 19.8. The van der Waals surface area contributed by atoms with E-state index in [4.69, 9.17) is 24.9 Å². The highest BCUT2D eigenvalue weighted by atomic mass is 16.7. The Labute approximate surface area is 206 Å². The molecule has 0 spiro atoms. The maximum Gasteiger partial charge on any atom is 0.278 e. The molecule has 5 heterocycles. The van der Waals surface area contributed by atoms with Crippen molar-refractivity contribution in [3.05, 3.63) is 69.6 Å². The molecule has 10 nitrogen and oxygen atoms in total. The number of benzene rings is 1. The van der Waals surface area contributed by atoms with Gasteiger partial charge in [0.15, 0.2) is 11.5 Å². The number of nitrogen functional groups attached to an aromatic ring is 1. The lowest BCUT2D eigenvalue weighted by Gasteiger charge is -2.15. The van der Waals surface area contributed by atoms with Gasteiger partial charge in [0.05, 0.1) is 12.6 Å². The monoisotopic (exact) mass is 488 g/mol. The fraction of sp³-hybridized carbons (Fsp3) is 0.308. The lowest BCUT2D eigenvalue weighted by atomic mass is 10.1. The van der Waals surface area contributed by atoms with E-state index in [1.54, 1.807) is 16.8 Å². The molecular weight excluding hydrogens is 462 g/mol. The smallest absolute Gasteiger partial charge is 0.278 e. The molecule has 1 fully saturated rings. The number of hydrogen-bond acceptors (Lipinski definition) is 7. The van der Waals surface area contributed by atoms with Crippen LogP contribution in [-0.2, 0) is 17.8 Å². The van der Waals surface area contributed by atoms with Gasteiger partial charge < -0.3 is 25.3 Å². The Morgan fingerprint density at radius 3 is 2.94 bits per heavy atom. The minimum Gasteiger partial charge on any atom is -0.454 e. The van der Waals surface area contributed by atoms with E-state index in [0.717, 1.165) is 24.0 Å². The Kier molecular flexibility index (Phi) is 5.45. The standard InChI is InChI=1S/C26H25N5O5/c1-15-4-2-8-30-23(15)29-24-19(26(30)33)11-18(22(27)31(24)13-17-5-3-9-34-17)25(32)28-12-16-6-7-20-21(10-16)36-14-35-20/h2,4,6-8,10-11,17,27H,3,5,9,12-14H2,1H3,(H,28,32)/p+1/t17-/m1/s1. The third-order valence-corrected chi connectivity index (χ3v) is 6.72. The molecule has 2 aliphatic heterocycles. The molecule has 0 unspecified atom stereocenters. The number of carbonyl (C=O) groups is 1. The van der Waals surface area contributed by atoms with Gasteiger partial charge in [-0.1, -0.05) is 17.1 Å². The summed E-state index contributed by atoms with van der Waals surface area (Å²) in [6.45, 7) is 3.42. The SMILES string of the molecule is Cc1cccn2c(=O)c3cc(C(=O)NCc4ccc5c(c4)OCO5)c(N)[n+](C[C@H]4CCCO4)c3nc12. The predicted octanol–water partition coefficient (Wildman–Crippen LogP) is 1.86. The molecule has 0 radical (unpaired) electrons. The van der Waals surface area contributed by atoms with Crippen LogP contribution >= 0.6 is 0 Å². The van der Waals surface area contributed by atoms with Gasteiger partial charge in [0.2, 0.25) is 18.3 Å². The molecule has 1 saturated heterocycles. The van der Waals surface area contributed by atoms with Crippen molar-refractivity contribution in [1.82, 2.24) is 14.7 Å². The minimum absolute atomic E-state index is 0.0652. The molecule has 3 aromatic heterocycles. The Balaban J connectivity index is 1.42. The van der Waals surface area contributed by atoms with Gasteiger partial charge in [-0.3, -0.25) is 14.0 Å². The number of nitrogens with two attached hydrogens (primary N) is 1. The van der Waals surface area contributed by atoms with Gasteiger partial charge in [-0.05, 0) is 49.6 Å². The normalized spacial score (nSPS) is 16.6. The van der Waals surface area contributed by atoms with Crippen molar-refractivity contribution in [2.24, 2.45) is 0 Å². The first-order valence-corrected chi connectivity index (χ1v) is 11.9. The van der Waals surface area contributed by atoms with E-state index in [-0.39, 0.29) is 42.3 Å². The molecule has 1 aromatic carbocycles. The van der Waals surface area contributed by atoms with Gasteiger partial charge in [0.1, 0.15) is 10.9 Å². The first-order chi connectivity index (χ1) is 17.5. The number of hydrogen-bond donors (Lipinski definition) is 2. The number of anilines is 1. The summed E-state index contributed by atoms with van der Waals surface area (Å²) < 4.78 is 19.8. The largest absolute Gasteiger partial charge is 0.454 e. The summed E-state index contributed by atoms with van der Waals surface area (Å²) in [6, 6.07) is 10.7. The number of amides is 1. The van der Waals surface area contributed by atoms with Crippen molar-refractivity contribution >= 4 is 28.4 Å². The van der Waals surface area contributed by atoms with Crippen LogP contribution in [0.15, 0.2) is 47.4 Å². The van der Waals surface area contributed by atoms with Gasteiger partial charge in [-0.2, -0.15) is 0 Å². The van der Waals surface area contributed by atoms with Crippen molar-refractivity contribution in [3.63, 3.8) is 0 Å². The molecule has 0 bridgehead atoms. The first kappa shape index (κ1) is 22.3. The third-order valence-electron chi connectivity index (χ3n) is 6.72. The number of carbonyl (C=O) groups excluding carboxylic acids is 1. The third kappa shape index (κ3) is 3.79. The van der Waals surface area contributed by atoms with Crippen molar-refractivity contribution < 1.29 is 23.6 Å². The van der Waals surface area contributed by atoms with Crippen LogP contribution in [0.5, 0.6) is 11.5 Å². The maximum absolute atomic E-state index is 13.5. The summed E-state index contributed by atoms with van der Waals surface area (Å²) in [5.41, 5.74) is 9.23. The number of fused-ring (bicyclic) bond motifs is 3. The van der Waals surface area contributed by atoms with Crippen molar-refractivity contribution in [1.29, 1.82) is 0 Å². The number of nitrogens with zero attached hydrogens (tertiary/aromatic N) is 3. The van der Waals surface area contributed by atoms with E-state index in [1.165, 1.54) is 10.5 Å². The second-order valence-corrected chi connectivity index (χ2v) is 9.10. The second-order valence-electron chi connectivity index (χ2n) is 9.10. The van der Waals surface area contributed by atoms with Crippen LogP contribution in [0.2, 0.25) is 0 Å². The number of aromatic nitrogens is 3. The average Bonchev–Trinajstić information content (AvgIpc) is 3.57. The van der Waals surface area contributed by atoms with E-state index in [1.807, 2.05) is 31.2 Å². The van der Waals surface area contributed by atoms with Crippen LogP contribution in [0.1, 0.15) is 34.3 Å². The van der Waals surface area contributed by atoms with Gasteiger partial charge in [0, 0.05) is 24.9 Å². The molecule has 3 N–H and O–H groups in total. The molecule has 184 valence electrons. The first-order valence-electron chi connectivity index (χ1n) is 11.9. The Bertz CT molecular complexity index is 1580. The summed E-state index contributed by atoms with van der Waals surface area (Å²) in [4.78, 5) is 31.6. The molecular formula is C26H26N5O5+. The van der Waals surface area contributed by atoms with Gasteiger partial charge in [0.25, 0.3) is 17.1 Å². The molecule has 10 heteroatoms. The number of rotatable bonds is 5. The average molecular weight is 489 g/mol. The Hall–Kier alpha value is -4.18. The van der Waals surface area contributed by atoms with Crippen LogP contribution in [0, 0.1) is 6.92 Å². The summed E-state index contributed by atoms with van der Waals surface area (Å²) in [5, 5.41) is 3.23. The number of ether oxygens (including phenoxy) is 3. The summed E-state index contributed by atoms with van der Waals surface area (Å²) in [6.07, 6.45) is 3.44. The highest BCUT2D eigenvalue weighted by Crippen LogP contribution is 2.32. The Morgan fingerprint density at radius 1 is 1.25 bits per heavy atom. The molecule has 0 saturated carbocycles. The van der Waals surface area contributed by atoms with Crippen molar-refractivity contribution in [2.75, 3.05) is 19.1 Å². The lowest BCUT2D eigenvalue weighted by Crippen LogP contribution is -2.46. The summed E-state index contributed by atoms with van der Waals surface area (Å²) in [7, 11) is 0. The van der Waals surface area contributed by atoms with E-state index >= 15 is 0 Å². The Morgan fingerprint density at radius 2 is 2.11 bits per heavy atom. The van der Waals surface area contributed by atoms with Crippen LogP contribution in [0.4, 0.5) is 5.82 Å². The molecule has 1 atom stereocenters. The molecule has 1 amide bonds. The van der Waals surface area contributed by atoms with Crippen LogP contribution in [0.25, 0.3) is 16.7 Å². The lowest BCUT2D eigenvalue weighted by molar-refractivity contribution is -0.666. The highest BCUT2D eigenvalue weighted by Gasteiger charge is 2.28. The molecule has 36 heavy (non-hydrogen) atoms. The van der Waals surface area contributed by atoms with E-state index in [0.29, 0.717) is 41.3 Å². The number of pyridine rings is 2. The van der Waals surface area contributed by atoms with Gasteiger partial charge >= 0.3 is 0 Å². The van der Waals surface area contributed by atoms with Crippen LogP contribution in [0.3, 0.4) is 0 Å². The van der Waals surface area contributed by atoms with Crippen molar-refractivity contribution in [2.45, 2.75) is 39.0 Å². The van der Waals surface area contributed by atoms with E-state index < -0.39 is 0 Å². The highest BCUT2D eigenvalue weighted by molar-refractivity contribution is 6.00. The van der Waals surface area contributed by atoms with Crippen molar-refractivity contribution in [3.8, 4) is 11.5 Å². The zero-order chi connectivity index (χ0) is 24.8. The van der Waals surface area contributed by atoms with Crippen LogP contribution < -0.4 is 30.7 Å². The second kappa shape index (κ2) is 8.80. The fourth-order valence-corrected chi connectivity index (χ4v) is 4.80. The maximum atomic E-state index is 13.5. The number of aryl methyl sites for hydroxylation is 1. The summed E-state index contributed by atoms with van der Waals surface area (Å²) in [5.74, 6) is 1.17. The van der Waals surface area contributed by atoms with E-state index in [9.17, 15) is 9.59 Å². The van der Waals surface area contributed by atoms with Gasteiger partial charge in [-0.25, -0.2) is 4.57 Å². The molecule has 0 aliphatic carbocycles. The molecule has 6 rings (SSSR count). The molecule has 2 aliphatic rings. The van der Waals surface area contributed by atoms with E-state index in [2.05, 4.69) is 5.32 Å². The fourth-order valence-electron chi connectivity index (χ4n) is 4.80. The predicted molar refractivity (Wildman–Crippen MR) is 131 cm³/mol. The minimum atomic E-state index is -0.387. The quantitative estimate of drug-likeness (QED) is 0.325. The zero-order valence-electron chi connectivity index (χ0n) is 19.8. The topological polar surface area (TPSA) is 121 Å². The van der Waals surface area contributed by atoms with Crippen LogP contribution in [-0.4, -0.2) is 34.8 Å². The number of nitrogens with one attached hydrogen (secondary N) is 1. The van der Waals surface area contributed by atoms with Gasteiger partial charge in [-0.15, -0.1) is 0 Å². The summed E-state index contributed by atoms with van der Waals surface area (Å²) >= 11 is 0.